The minimum atomic E-state index is -0.481. The Bertz CT molecular complexity index is 973. The number of carbonyl (C=O) groups is 3. The molecule has 0 N–H and O–H groups in total. The molecule has 6 nitrogen and oxygen atoms in total. The Morgan fingerprint density at radius 1 is 0.926 bits per heavy atom. The van der Waals surface area contributed by atoms with Crippen LogP contribution in [0.1, 0.15) is 35.3 Å². The van der Waals surface area contributed by atoms with Crippen molar-refractivity contribution in [2.45, 2.75) is 13.8 Å². The molecule has 6 heteroatoms. The van der Waals surface area contributed by atoms with Crippen molar-refractivity contribution in [2.24, 2.45) is 0 Å². The number of benzene rings is 2. The lowest BCUT2D eigenvalue weighted by Crippen LogP contribution is -2.31. The van der Waals surface area contributed by atoms with E-state index in [1.54, 1.807) is 49.6 Å². The van der Waals surface area contributed by atoms with Crippen LogP contribution in [0.2, 0.25) is 0 Å². The summed E-state index contributed by atoms with van der Waals surface area (Å²) in [7, 11) is 3.03. The molecule has 0 spiro atoms. The van der Waals surface area contributed by atoms with Crippen LogP contribution in [-0.2, 0) is 14.3 Å². The number of nitrogens with zero attached hydrogens (tertiary/aromatic N) is 1. The molecule has 2 aromatic carbocycles. The molecular weight excluding hydrogens is 346 g/mol. The average Bonchev–Trinajstić information content (AvgIpc) is 2.94. The molecule has 0 aromatic heterocycles. The summed E-state index contributed by atoms with van der Waals surface area (Å²) < 4.78 is 10.7. The zero-order valence-electron chi connectivity index (χ0n) is 15.5. The van der Waals surface area contributed by atoms with E-state index < -0.39 is 11.8 Å². The molecule has 1 heterocycles. The maximum atomic E-state index is 13.0. The van der Waals surface area contributed by atoms with Gasteiger partial charge in [-0.1, -0.05) is 0 Å². The van der Waals surface area contributed by atoms with Gasteiger partial charge in [-0.05, 0) is 49.4 Å². The zero-order chi connectivity index (χ0) is 19.7. The van der Waals surface area contributed by atoms with Gasteiger partial charge in [0, 0.05) is 23.6 Å². The summed E-state index contributed by atoms with van der Waals surface area (Å²) in [5, 5.41) is 0. The van der Waals surface area contributed by atoms with Crippen molar-refractivity contribution in [2.75, 3.05) is 19.1 Å². The van der Waals surface area contributed by atoms with Crippen LogP contribution in [0.4, 0.5) is 5.69 Å². The van der Waals surface area contributed by atoms with Crippen molar-refractivity contribution in [1.82, 2.24) is 0 Å². The van der Waals surface area contributed by atoms with E-state index in [0.29, 0.717) is 33.9 Å². The number of anilines is 1. The van der Waals surface area contributed by atoms with Crippen LogP contribution < -0.4 is 9.64 Å². The van der Waals surface area contributed by atoms with Crippen LogP contribution in [0, 0.1) is 0 Å². The molecule has 0 aliphatic carbocycles. The number of hydrogen-bond acceptors (Lipinski definition) is 5. The number of ether oxygens (including phenoxy) is 2. The van der Waals surface area contributed by atoms with Gasteiger partial charge < -0.3 is 9.47 Å². The minimum Gasteiger partial charge on any atom is -0.497 e. The van der Waals surface area contributed by atoms with Gasteiger partial charge in [0.15, 0.2) is 5.78 Å². The van der Waals surface area contributed by atoms with E-state index >= 15 is 0 Å². The smallest absolute Gasteiger partial charge is 0.269 e. The monoisotopic (exact) mass is 365 g/mol. The highest BCUT2D eigenvalue weighted by Gasteiger charge is 2.38. The molecule has 0 saturated heterocycles. The third kappa shape index (κ3) is 3.10. The second kappa shape index (κ2) is 7.07. The number of hydrogen-bond donors (Lipinski definition) is 0. The van der Waals surface area contributed by atoms with Gasteiger partial charge in [-0.2, -0.15) is 0 Å². The fraction of sp³-hybridized carbons (Fsp3) is 0.190. The Labute approximate surface area is 157 Å². The van der Waals surface area contributed by atoms with Crippen LogP contribution in [0.25, 0.3) is 11.3 Å². The van der Waals surface area contributed by atoms with E-state index in [1.165, 1.54) is 21.0 Å². The first kappa shape index (κ1) is 18.4. The van der Waals surface area contributed by atoms with Crippen molar-refractivity contribution in [1.29, 1.82) is 0 Å². The van der Waals surface area contributed by atoms with Crippen LogP contribution >= 0.6 is 0 Å². The van der Waals surface area contributed by atoms with Crippen LogP contribution in [-0.4, -0.2) is 31.8 Å². The number of ketones is 1. The van der Waals surface area contributed by atoms with Gasteiger partial charge in [0.05, 0.1) is 25.5 Å². The second-order valence-electron chi connectivity index (χ2n) is 6.08. The van der Waals surface area contributed by atoms with Gasteiger partial charge in [-0.25, -0.2) is 4.90 Å². The van der Waals surface area contributed by atoms with Crippen LogP contribution in [0.5, 0.6) is 5.75 Å². The van der Waals surface area contributed by atoms with E-state index in [4.69, 9.17) is 9.47 Å². The highest BCUT2D eigenvalue weighted by atomic mass is 16.5. The Balaban J connectivity index is 2.28. The standard InChI is InChI=1S/C21H19NO5/c1-12(23)15-7-10-18-17(11-15)19(21(25)22(18)13(2)24)20(27-4)14-5-8-16(26-3)9-6-14/h5-11H,1-4H3/b20-19-. The molecule has 27 heavy (non-hydrogen) atoms. The summed E-state index contributed by atoms with van der Waals surface area (Å²) >= 11 is 0. The summed E-state index contributed by atoms with van der Waals surface area (Å²) in [4.78, 5) is 38.0. The first-order valence-electron chi connectivity index (χ1n) is 8.32. The van der Waals surface area contributed by atoms with Crippen molar-refractivity contribution < 1.29 is 23.9 Å². The molecular formula is C21H19NO5. The minimum absolute atomic E-state index is 0.130. The van der Waals surface area contributed by atoms with Gasteiger partial charge in [0.25, 0.3) is 5.91 Å². The fourth-order valence-electron chi connectivity index (χ4n) is 3.13. The number of carbonyl (C=O) groups excluding carboxylic acids is 3. The Morgan fingerprint density at radius 2 is 1.56 bits per heavy atom. The molecule has 138 valence electrons. The second-order valence-corrected chi connectivity index (χ2v) is 6.08. The molecule has 0 bridgehead atoms. The molecule has 0 saturated carbocycles. The SMILES string of the molecule is CO/C(=C1\C(=O)N(C(C)=O)c2ccc(C(C)=O)cc21)c1ccc(OC)cc1. The Hall–Kier alpha value is -3.41. The predicted octanol–water partition coefficient (Wildman–Crippen LogP) is 3.31. The maximum Gasteiger partial charge on any atom is 0.269 e. The van der Waals surface area contributed by atoms with Crippen molar-refractivity contribution >= 4 is 34.6 Å². The lowest BCUT2D eigenvalue weighted by molar-refractivity contribution is -0.122. The van der Waals surface area contributed by atoms with Crippen molar-refractivity contribution in [3.8, 4) is 5.75 Å². The van der Waals surface area contributed by atoms with E-state index in [9.17, 15) is 14.4 Å². The van der Waals surface area contributed by atoms with E-state index in [0.717, 1.165) is 4.90 Å². The number of methoxy groups -OCH3 is 2. The molecule has 2 aromatic rings. The van der Waals surface area contributed by atoms with Crippen LogP contribution in [0.15, 0.2) is 42.5 Å². The number of Topliss-reactive ketones (excluding diaryl/α,β-unsaturated/α-hetero) is 1. The summed E-state index contributed by atoms with van der Waals surface area (Å²) in [6, 6.07) is 11.9. The molecule has 3 rings (SSSR count). The topological polar surface area (TPSA) is 72.9 Å². The van der Waals surface area contributed by atoms with Crippen molar-refractivity contribution in [3.05, 3.63) is 59.2 Å². The zero-order valence-corrected chi connectivity index (χ0v) is 15.5. The predicted molar refractivity (Wildman–Crippen MR) is 101 cm³/mol. The van der Waals surface area contributed by atoms with E-state index in [-0.39, 0.29) is 11.4 Å². The summed E-state index contributed by atoms with van der Waals surface area (Å²) in [5.74, 6) is -0.0212. The van der Waals surface area contributed by atoms with Crippen LogP contribution in [0.3, 0.4) is 0 Å². The van der Waals surface area contributed by atoms with Gasteiger partial charge in [-0.3, -0.25) is 14.4 Å². The number of fused-ring (bicyclic) bond motifs is 1. The Kier molecular flexibility index (Phi) is 4.81. The Morgan fingerprint density at radius 3 is 2.07 bits per heavy atom. The first-order chi connectivity index (χ1) is 12.9. The highest BCUT2D eigenvalue weighted by molar-refractivity contribution is 6.43. The number of rotatable bonds is 4. The lowest BCUT2D eigenvalue weighted by Gasteiger charge is -2.13. The molecule has 1 aliphatic rings. The van der Waals surface area contributed by atoms with E-state index in [2.05, 4.69) is 0 Å². The molecule has 2 amide bonds. The maximum absolute atomic E-state index is 13.0. The fourth-order valence-corrected chi connectivity index (χ4v) is 3.13. The lowest BCUT2D eigenvalue weighted by atomic mass is 9.99. The molecule has 0 fully saturated rings. The summed E-state index contributed by atoms with van der Waals surface area (Å²) in [6.45, 7) is 2.77. The number of imide groups is 1. The molecule has 1 aliphatic heterocycles. The van der Waals surface area contributed by atoms with E-state index in [1.807, 2.05) is 0 Å². The molecule has 0 radical (unpaired) electrons. The third-order valence-corrected chi connectivity index (χ3v) is 4.43. The van der Waals surface area contributed by atoms with Gasteiger partial charge in [0.2, 0.25) is 5.91 Å². The summed E-state index contributed by atoms with van der Waals surface area (Å²) in [6.07, 6.45) is 0. The average molecular weight is 365 g/mol. The van der Waals surface area contributed by atoms with Crippen molar-refractivity contribution in [3.63, 3.8) is 0 Å². The van der Waals surface area contributed by atoms with Gasteiger partial charge in [-0.15, -0.1) is 0 Å². The summed E-state index contributed by atoms with van der Waals surface area (Å²) in [5.41, 5.74) is 2.29. The molecule has 0 atom stereocenters. The van der Waals surface area contributed by atoms with Gasteiger partial charge in [0.1, 0.15) is 11.5 Å². The highest BCUT2D eigenvalue weighted by Crippen LogP contribution is 2.42. The van der Waals surface area contributed by atoms with Gasteiger partial charge >= 0.3 is 0 Å². The number of amides is 2. The quantitative estimate of drug-likeness (QED) is 0.472. The third-order valence-electron chi connectivity index (χ3n) is 4.43. The largest absolute Gasteiger partial charge is 0.497 e. The first-order valence-corrected chi connectivity index (χ1v) is 8.32. The normalized spacial score (nSPS) is 14.7. The molecule has 0 unspecified atom stereocenters.